The van der Waals surface area contributed by atoms with Crippen molar-refractivity contribution in [2.24, 2.45) is 0 Å². The number of likely N-dealkylation sites (N-methyl/N-ethyl adjacent to an activating group) is 1. The highest BCUT2D eigenvalue weighted by Gasteiger charge is 2.23. The summed E-state index contributed by atoms with van der Waals surface area (Å²) in [7, 11) is 1.80. The standard InChI is InChI=1S/C19H23N3O3/c1-20(16-6-3-2-4-7-16)19(24)15-22-11-9-21(10-12-22)14-17(23)18-8-5-13-25-18/h2-8,13H,9-12,14-15H2,1H3. The monoisotopic (exact) mass is 341 g/mol. The molecule has 0 aliphatic carbocycles. The number of amides is 1. The lowest BCUT2D eigenvalue weighted by Gasteiger charge is -2.34. The first-order valence-electron chi connectivity index (χ1n) is 8.46. The molecule has 25 heavy (non-hydrogen) atoms. The number of anilines is 1. The van der Waals surface area contributed by atoms with Gasteiger partial charge in [-0.3, -0.25) is 19.4 Å². The summed E-state index contributed by atoms with van der Waals surface area (Å²) in [4.78, 5) is 30.4. The van der Waals surface area contributed by atoms with Gasteiger partial charge in [0.1, 0.15) is 0 Å². The predicted octanol–water partition coefficient (Wildman–Crippen LogP) is 1.74. The third kappa shape index (κ3) is 4.55. The van der Waals surface area contributed by atoms with E-state index in [1.54, 1.807) is 24.1 Å². The molecule has 1 amide bonds. The van der Waals surface area contributed by atoms with E-state index >= 15 is 0 Å². The Bertz CT molecular complexity index is 692. The van der Waals surface area contributed by atoms with Crippen LogP contribution in [0.2, 0.25) is 0 Å². The molecule has 2 heterocycles. The molecule has 2 aromatic rings. The number of rotatable bonds is 6. The molecule has 0 atom stereocenters. The number of nitrogens with zero attached hydrogens (tertiary/aromatic N) is 3. The van der Waals surface area contributed by atoms with E-state index in [2.05, 4.69) is 9.80 Å². The Morgan fingerprint density at radius 1 is 0.960 bits per heavy atom. The number of carbonyl (C=O) groups excluding carboxylic acids is 2. The largest absolute Gasteiger partial charge is 0.461 e. The first-order chi connectivity index (χ1) is 12.1. The Labute approximate surface area is 147 Å². The average molecular weight is 341 g/mol. The van der Waals surface area contributed by atoms with Gasteiger partial charge in [-0.15, -0.1) is 0 Å². The third-order valence-corrected chi connectivity index (χ3v) is 4.50. The topological polar surface area (TPSA) is 57.0 Å². The van der Waals surface area contributed by atoms with Gasteiger partial charge in [-0.05, 0) is 24.3 Å². The lowest BCUT2D eigenvalue weighted by Crippen LogP contribution is -2.50. The first kappa shape index (κ1) is 17.4. The Morgan fingerprint density at radius 2 is 1.60 bits per heavy atom. The van der Waals surface area contributed by atoms with E-state index in [-0.39, 0.29) is 11.7 Å². The highest BCUT2D eigenvalue weighted by Crippen LogP contribution is 2.12. The maximum absolute atomic E-state index is 12.4. The quantitative estimate of drug-likeness (QED) is 0.749. The van der Waals surface area contributed by atoms with Crippen molar-refractivity contribution in [2.45, 2.75) is 0 Å². The first-order valence-corrected chi connectivity index (χ1v) is 8.46. The molecule has 1 saturated heterocycles. The van der Waals surface area contributed by atoms with E-state index in [0.717, 1.165) is 31.9 Å². The molecule has 132 valence electrons. The number of hydrogen-bond donors (Lipinski definition) is 0. The lowest BCUT2D eigenvalue weighted by atomic mass is 10.2. The number of ketones is 1. The van der Waals surface area contributed by atoms with E-state index in [9.17, 15) is 9.59 Å². The fraction of sp³-hybridized carbons (Fsp3) is 0.368. The van der Waals surface area contributed by atoms with E-state index in [1.165, 1.54) is 6.26 Å². The van der Waals surface area contributed by atoms with Gasteiger partial charge in [0.2, 0.25) is 11.7 Å². The maximum atomic E-state index is 12.4. The normalized spacial score (nSPS) is 15.9. The lowest BCUT2D eigenvalue weighted by molar-refractivity contribution is -0.119. The molecule has 3 rings (SSSR count). The van der Waals surface area contributed by atoms with E-state index in [1.807, 2.05) is 30.3 Å². The highest BCUT2D eigenvalue weighted by molar-refractivity contribution is 5.95. The van der Waals surface area contributed by atoms with Gasteiger partial charge in [-0.2, -0.15) is 0 Å². The molecule has 0 N–H and O–H groups in total. The fourth-order valence-electron chi connectivity index (χ4n) is 2.92. The molecule has 0 spiro atoms. The summed E-state index contributed by atoms with van der Waals surface area (Å²) in [6.07, 6.45) is 1.51. The van der Waals surface area contributed by atoms with Crippen LogP contribution in [-0.4, -0.2) is 67.8 Å². The van der Waals surface area contributed by atoms with Crippen molar-refractivity contribution in [2.75, 3.05) is 51.2 Å². The van der Waals surface area contributed by atoms with Crippen LogP contribution in [0.3, 0.4) is 0 Å². The van der Waals surface area contributed by atoms with Gasteiger partial charge in [0.05, 0.1) is 19.4 Å². The van der Waals surface area contributed by atoms with E-state index in [4.69, 9.17) is 4.42 Å². The zero-order valence-electron chi connectivity index (χ0n) is 14.4. The molecule has 0 unspecified atom stereocenters. The average Bonchev–Trinajstić information content (AvgIpc) is 3.18. The minimum absolute atomic E-state index is 0.00154. The number of benzene rings is 1. The second kappa shape index (κ2) is 8.09. The summed E-state index contributed by atoms with van der Waals surface area (Å²) >= 11 is 0. The molecule has 0 radical (unpaired) electrons. The summed E-state index contributed by atoms with van der Waals surface area (Å²) in [6, 6.07) is 13.1. The van der Waals surface area contributed by atoms with Crippen LogP contribution in [0.15, 0.2) is 53.1 Å². The van der Waals surface area contributed by atoms with Crippen molar-refractivity contribution >= 4 is 17.4 Å². The van der Waals surface area contributed by atoms with Crippen molar-refractivity contribution in [1.29, 1.82) is 0 Å². The molecule has 1 aromatic carbocycles. The zero-order chi connectivity index (χ0) is 17.6. The van der Waals surface area contributed by atoms with Crippen LogP contribution in [0, 0.1) is 0 Å². The molecule has 1 aliphatic rings. The number of carbonyl (C=O) groups is 2. The Hall–Kier alpha value is -2.44. The Balaban J connectivity index is 1.44. The van der Waals surface area contributed by atoms with Crippen LogP contribution in [0.4, 0.5) is 5.69 Å². The number of furan rings is 1. The van der Waals surface area contributed by atoms with Crippen LogP contribution in [0.1, 0.15) is 10.6 Å². The molecule has 6 heteroatoms. The number of hydrogen-bond acceptors (Lipinski definition) is 5. The molecule has 1 fully saturated rings. The van der Waals surface area contributed by atoms with E-state index < -0.39 is 0 Å². The van der Waals surface area contributed by atoms with Crippen molar-refractivity contribution in [1.82, 2.24) is 9.80 Å². The summed E-state index contributed by atoms with van der Waals surface area (Å²) in [5.74, 6) is 0.478. The van der Waals surface area contributed by atoms with Crippen molar-refractivity contribution in [3.63, 3.8) is 0 Å². The number of para-hydroxylation sites is 1. The van der Waals surface area contributed by atoms with Crippen molar-refractivity contribution < 1.29 is 14.0 Å². The summed E-state index contributed by atoms with van der Waals surface area (Å²) in [5.41, 5.74) is 0.898. The summed E-state index contributed by atoms with van der Waals surface area (Å²) in [5, 5.41) is 0. The fourth-order valence-corrected chi connectivity index (χ4v) is 2.92. The van der Waals surface area contributed by atoms with Gasteiger partial charge in [-0.1, -0.05) is 18.2 Å². The van der Waals surface area contributed by atoms with Crippen LogP contribution >= 0.6 is 0 Å². The molecule has 1 aromatic heterocycles. The Kier molecular flexibility index (Phi) is 5.63. The van der Waals surface area contributed by atoms with Gasteiger partial charge < -0.3 is 9.32 Å². The van der Waals surface area contributed by atoms with Crippen LogP contribution in [-0.2, 0) is 4.79 Å². The molecule has 1 aliphatic heterocycles. The molecular formula is C19H23N3O3. The predicted molar refractivity (Wildman–Crippen MR) is 95.8 cm³/mol. The maximum Gasteiger partial charge on any atom is 0.240 e. The van der Waals surface area contributed by atoms with Gasteiger partial charge in [-0.25, -0.2) is 0 Å². The molecular weight excluding hydrogens is 318 g/mol. The smallest absolute Gasteiger partial charge is 0.240 e. The third-order valence-electron chi connectivity index (χ3n) is 4.50. The van der Waals surface area contributed by atoms with Crippen LogP contribution < -0.4 is 4.90 Å². The molecule has 6 nitrogen and oxygen atoms in total. The van der Waals surface area contributed by atoms with Crippen molar-refractivity contribution in [3.05, 3.63) is 54.5 Å². The van der Waals surface area contributed by atoms with Crippen LogP contribution in [0.25, 0.3) is 0 Å². The summed E-state index contributed by atoms with van der Waals surface area (Å²) < 4.78 is 5.14. The van der Waals surface area contributed by atoms with Crippen molar-refractivity contribution in [3.8, 4) is 0 Å². The second-order valence-corrected chi connectivity index (χ2v) is 6.24. The number of piperazine rings is 1. The van der Waals surface area contributed by atoms with Gasteiger partial charge in [0, 0.05) is 38.9 Å². The minimum Gasteiger partial charge on any atom is -0.461 e. The van der Waals surface area contributed by atoms with Gasteiger partial charge in [0.25, 0.3) is 0 Å². The SMILES string of the molecule is CN(C(=O)CN1CCN(CC(=O)c2ccco2)CC1)c1ccccc1. The minimum atomic E-state index is -0.00154. The number of Topliss-reactive ketones (excluding diaryl/α,β-unsaturated/α-hetero) is 1. The molecule has 0 bridgehead atoms. The van der Waals surface area contributed by atoms with E-state index in [0.29, 0.717) is 18.8 Å². The van der Waals surface area contributed by atoms with Gasteiger partial charge in [0.15, 0.2) is 5.76 Å². The molecule has 0 saturated carbocycles. The zero-order valence-corrected chi connectivity index (χ0v) is 14.4. The summed E-state index contributed by atoms with van der Waals surface area (Å²) in [6.45, 7) is 3.85. The Morgan fingerprint density at radius 3 is 2.20 bits per heavy atom. The van der Waals surface area contributed by atoms with Crippen LogP contribution in [0.5, 0.6) is 0 Å². The highest BCUT2D eigenvalue weighted by atomic mass is 16.3. The second-order valence-electron chi connectivity index (χ2n) is 6.24. The van der Waals surface area contributed by atoms with Gasteiger partial charge >= 0.3 is 0 Å².